The third-order valence-corrected chi connectivity index (χ3v) is 4.65. The summed E-state index contributed by atoms with van der Waals surface area (Å²) in [6.07, 6.45) is 0.250. The van der Waals surface area contributed by atoms with Gasteiger partial charge in [-0.05, 0) is 42.0 Å². The van der Waals surface area contributed by atoms with Gasteiger partial charge in [0.15, 0.2) is 0 Å². The Hall–Kier alpha value is -3.92. The van der Waals surface area contributed by atoms with Gasteiger partial charge >= 0.3 is 0 Å². The van der Waals surface area contributed by atoms with Crippen molar-refractivity contribution in [3.8, 4) is 5.69 Å². The number of nitrogens with two attached hydrogens (primary N) is 2. The zero-order valence-corrected chi connectivity index (χ0v) is 16.5. The highest BCUT2D eigenvalue weighted by molar-refractivity contribution is 5.94. The molecule has 1 aromatic heterocycles. The Morgan fingerprint density at radius 1 is 1.17 bits per heavy atom. The number of hydrogen-bond donors (Lipinski definition) is 5. The lowest BCUT2D eigenvalue weighted by molar-refractivity contribution is -0.106. The first-order chi connectivity index (χ1) is 14.5. The molecule has 7 N–H and O–H groups in total. The molecule has 1 fully saturated rings. The van der Waals surface area contributed by atoms with Gasteiger partial charge in [0.25, 0.3) is 5.91 Å². The Balaban J connectivity index is 0.000000806. The van der Waals surface area contributed by atoms with Crippen LogP contribution in [0.4, 0.5) is 17.6 Å². The minimum absolute atomic E-state index is 0.130. The molecule has 0 aliphatic carbocycles. The van der Waals surface area contributed by atoms with Gasteiger partial charge in [-0.15, -0.1) is 5.10 Å². The van der Waals surface area contributed by atoms with E-state index in [0.717, 1.165) is 24.5 Å². The summed E-state index contributed by atoms with van der Waals surface area (Å²) in [5.41, 5.74) is 13.7. The molecule has 0 atom stereocenters. The molecule has 10 heteroatoms. The fourth-order valence-corrected chi connectivity index (χ4v) is 2.96. The van der Waals surface area contributed by atoms with Gasteiger partial charge in [0.2, 0.25) is 18.3 Å². The third kappa shape index (κ3) is 4.73. The van der Waals surface area contributed by atoms with Crippen LogP contribution in [0.2, 0.25) is 0 Å². The Morgan fingerprint density at radius 3 is 2.33 bits per heavy atom. The van der Waals surface area contributed by atoms with Crippen LogP contribution in [0.15, 0.2) is 48.5 Å². The van der Waals surface area contributed by atoms with Gasteiger partial charge in [-0.2, -0.15) is 9.67 Å². The van der Waals surface area contributed by atoms with Crippen LogP contribution in [-0.4, -0.2) is 47.2 Å². The Bertz CT molecular complexity index is 995. The van der Waals surface area contributed by atoms with E-state index in [1.54, 1.807) is 36.0 Å². The number of primary amides is 1. The molecule has 156 valence electrons. The van der Waals surface area contributed by atoms with Crippen molar-refractivity contribution in [2.45, 2.75) is 5.92 Å². The number of rotatable bonds is 5. The lowest BCUT2D eigenvalue weighted by Gasteiger charge is -2.27. The minimum atomic E-state index is -0.130. The molecule has 30 heavy (non-hydrogen) atoms. The van der Waals surface area contributed by atoms with Crippen LogP contribution < -0.4 is 27.4 Å². The Labute approximate surface area is 173 Å². The number of carbonyl (C=O) groups excluding carboxylic acids is 2. The lowest BCUT2D eigenvalue weighted by atomic mass is 9.94. The summed E-state index contributed by atoms with van der Waals surface area (Å²) in [5.74, 6) is 1.15. The van der Waals surface area contributed by atoms with Gasteiger partial charge in [0, 0.05) is 37.3 Å². The molecular weight excluding hydrogens is 384 g/mol. The molecule has 1 aliphatic rings. The second kappa shape index (κ2) is 9.52. The summed E-state index contributed by atoms with van der Waals surface area (Å²) < 4.78 is 1.60. The zero-order chi connectivity index (χ0) is 21.5. The number of nitrogens with one attached hydrogen (secondary N) is 3. The summed E-state index contributed by atoms with van der Waals surface area (Å²) in [4.78, 5) is 24.5. The maximum absolute atomic E-state index is 11.6. The second-order valence-electron chi connectivity index (χ2n) is 6.57. The number of amides is 2. The fraction of sp³-hybridized carbons (Fsp3) is 0.200. The zero-order valence-electron chi connectivity index (χ0n) is 16.5. The summed E-state index contributed by atoms with van der Waals surface area (Å²) in [6.45, 7) is 2.05. The first-order valence-electron chi connectivity index (χ1n) is 9.33. The van der Waals surface area contributed by atoms with Crippen LogP contribution in [-0.2, 0) is 4.79 Å². The van der Waals surface area contributed by atoms with Crippen LogP contribution in [0.5, 0.6) is 0 Å². The molecule has 10 nitrogen and oxygen atoms in total. The molecule has 2 amide bonds. The van der Waals surface area contributed by atoms with Crippen LogP contribution in [0, 0.1) is 0 Å². The molecule has 0 bridgehead atoms. The second-order valence-corrected chi connectivity index (χ2v) is 6.57. The van der Waals surface area contributed by atoms with Crippen LogP contribution in [0.25, 0.3) is 5.69 Å². The van der Waals surface area contributed by atoms with E-state index in [1.165, 1.54) is 5.56 Å². The monoisotopic (exact) mass is 408 g/mol. The smallest absolute Gasteiger partial charge is 0.251 e. The first kappa shape index (κ1) is 20.8. The molecule has 2 aromatic carbocycles. The number of anilines is 3. The lowest BCUT2D eigenvalue weighted by Crippen LogP contribution is -2.39. The number of nitrogens with zero attached hydrogens (tertiary/aromatic N) is 3. The van der Waals surface area contributed by atoms with E-state index in [2.05, 4.69) is 43.9 Å². The Kier molecular flexibility index (Phi) is 6.60. The van der Waals surface area contributed by atoms with Crippen molar-refractivity contribution in [3.63, 3.8) is 0 Å². The van der Waals surface area contributed by atoms with E-state index in [0.29, 0.717) is 23.4 Å². The fourth-order valence-electron chi connectivity index (χ4n) is 2.96. The minimum Gasteiger partial charge on any atom is -0.372 e. The van der Waals surface area contributed by atoms with Gasteiger partial charge in [-0.3, -0.25) is 9.59 Å². The van der Waals surface area contributed by atoms with E-state index in [-0.39, 0.29) is 12.3 Å². The average molecular weight is 408 g/mol. The van der Waals surface area contributed by atoms with Crippen LogP contribution >= 0.6 is 0 Å². The van der Waals surface area contributed by atoms with Crippen molar-refractivity contribution in [2.75, 3.05) is 31.2 Å². The van der Waals surface area contributed by atoms with Crippen molar-refractivity contribution in [1.29, 1.82) is 0 Å². The third-order valence-electron chi connectivity index (χ3n) is 4.65. The number of aromatic nitrogens is 3. The van der Waals surface area contributed by atoms with Gasteiger partial charge in [0.1, 0.15) is 0 Å². The van der Waals surface area contributed by atoms with Crippen molar-refractivity contribution in [2.24, 2.45) is 5.73 Å². The Morgan fingerprint density at radius 2 is 1.80 bits per heavy atom. The molecule has 0 radical (unpaired) electrons. The van der Waals surface area contributed by atoms with Crippen molar-refractivity contribution >= 4 is 29.9 Å². The predicted octanol–water partition coefficient (Wildman–Crippen LogP) is 0.741. The van der Waals surface area contributed by atoms with E-state index < -0.39 is 0 Å². The normalized spacial score (nSPS) is 12.8. The number of benzene rings is 2. The highest BCUT2D eigenvalue weighted by Gasteiger charge is 2.18. The van der Waals surface area contributed by atoms with Crippen molar-refractivity contribution < 1.29 is 9.59 Å². The highest BCUT2D eigenvalue weighted by atomic mass is 16.1. The summed E-state index contributed by atoms with van der Waals surface area (Å²) in [5, 5.41) is 13.4. The largest absolute Gasteiger partial charge is 0.372 e. The number of carbonyl (C=O) groups is 2. The molecule has 3 aromatic rings. The molecular formula is C20H24N8O2. The average Bonchev–Trinajstić information content (AvgIpc) is 3.08. The molecule has 1 aliphatic heterocycles. The summed E-state index contributed by atoms with van der Waals surface area (Å²) in [7, 11) is 1.60. The molecule has 0 spiro atoms. The quantitative estimate of drug-likeness (QED) is 0.390. The van der Waals surface area contributed by atoms with E-state index in [1.807, 2.05) is 12.1 Å². The molecule has 2 heterocycles. The molecule has 1 saturated heterocycles. The standard InChI is InChI=1S/C19H21N7O.CH3NO/c1-21-17(27)13-2-6-15(7-3-13)23-19-24-18(20)26(25-19)16-8-4-12(5-9-16)14-10-22-11-14;2-1-3/h2-9,14,22H,10-11H2,1H3,(H,21,27)(H3,20,23,24,25);1H,(H2,2,3). The highest BCUT2D eigenvalue weighted by Crippen LogP contribution is 2.23. The number of hydrogen-bond acceptors (Lipinski definition) is 7. The number of nitrogen functional groups attached to an aromatic ring is 1. The SMILES string of the molecule is CNC(=O)c1ccc(Nc2nc(N)n(-c3ccc(C4CNC4)cc3)n2)cc1.NC=O. The predicted molar refractivity (Wildman–Crippen MR) is 115 cm³/mol. The van der Waals surface area contributed by atoms with E-state index >= 15 is 0 Å². The van der Waals surface area contributed by atoms with Gasteiger partial charge in [-0.25, -0.2) is 0 Å². The molecule has 0 unspecified atom stereocenters. The van der Waals surface area contributed by atoms with Crippen LogP contribution in [0.3, 0.4) is 0 Å². The van der Waals surface area contributed by atoms with Crippen molar-refractivity contribution in [1.82, 2.24) is 25.4 Å². The molecule has 4 rings (SSSR count). The van der Waals surface area contributed by atoms with Gasteiger partial charge < -0.3 is 27.4 Å². The topological polar surface area (TPSA) is 153 Å². The first-order valence-corrected chi connectivity index (χ1v) is 9.33. The molecule has 0 saturated carbocycles. The van der Waals surface area contributed by atoms with Gasteiger partial charge in [0.05, 0.1) is 5.69 Å². The van der Waals surface area contributed by atoms with E-state index in [9.17, 15) is 4.79 Å². The van der Waals surface area contributed by atoms with E-state index in [4.69, 9.17) is 10.5 Å². The van der Waals surface area contributed by atoms with Crippen molar-refractivity contribution in [3.05, 3.63) is 59.7 Å². The summed E-state index contributed by atoms with van der Waals surface area (Å²) >= 11 is 0. The maximum atomic E-state index is 11.6. The maximum Gasteiger partial charge on any atom is 0.251 e. The summed E-state index contributed by atoms with van der Waals surface area (Å²) in [6, 6.07) is 15.3. The van der Waals surface area contributed by atoms with Crippen LogP contribution in [0.1, 0.15) is 21.8 Å². The van der Waals surface area contributed by atoms with Gasteiger partial charge in [-0.1, -0.05) is 12.1 Å².